The summed E-state index contributed by atoms with van der Waals surface area (Å²) in [5, 5.41) is 9.81. The normalized spacial score (nSPS) is 11.0. The predicted molar refractivity (Wildman–Crippen MR) is 86.5 cm³/mol. The molecule has 3 rings (SSSR count). The van der Waals surface area contributed by atoms with Gasteiger partial charge in [0, 0.05) is 23.0 Å². The van der Waals surface area contributed by atoms with Gasteiger partial charge in [-0.1, -0.05) is 11.6 Å². The van der Waals surface area contributed by atoms with Gasteiger partial charge in [0.05, 0.1) is 11.2 Å². The largest absolute Gasteiger partial charge is 0.477 e. The highest BCUT2D eigenvalue weighted by Gasteiger charge is 2.24. The number of halogens is 3. The standard InChI is InChI=1S/C17H10ClF2NO3/c1-21-13-5-2-8(18)6-11(13)16(22)14(17(23)24)15(21)10-7-9(19)3-4-12(10)20/h2-7H,1H3,(H,23,24). The molecule has 122 valence electrons. The zero-order chi connectivity index (χ0) is 17.6. The minimum absolute atomic E-state index is 0.0861. The molecule has 0 saturated carbocycles. The molecule has 0 amide bonds. The van der Waals surface area contributed by atoms with Crippen molar-refractivity contribution in [2.75, 3.05) is 0 Å². The number of nitrogens with zero attached hydrogens (tertiary/aromatic N) is 1. The lowest BCUT2D eigenvalue weighted by Gasteiger charge is -2.16. The van der Waals surface area contributed by atoms with E-state index >= 15 is 0 Å². The maximum absolute atomic E-state index is 14.2. The van der Waals surface area contributed by atoms with E-state index in [0.29, 0.717) is 5.52 Å². The number of pyridine rings is 1. The summed E-state index contributed by atoms with van der Waals surface area (Å²) in [4.78, 5) is 24.2. The van der Waals surface area contributed by atoms with Crippen LogP contribution in [0.25, 0.3) is 22.2 Å². The topological polar surface area (TPSA) is 59.3 Å². The molecule has 0 fully saturated rings. The first-order valence-electron chi connectivity index (χ1n) is 6.82. The van der Waals surface area contributed by atoms with Gasteiger partial charge in [0.2, 0.25) is 5.43 Å². The lowest BCUT2D eigenvalue weighted by atomic mass is 10.0. The number of hydrogen-bond donors (Lipinski definition) is 1. The SMILES string of the molecule is Cn1c(-c2cc(F)ccc2F)c(C(=O)O)c(=O)c2cc(Cl)ccc21. The fourth-order valence-electron chi connectivity index (χ4n) is 2.71. The second-order valence-corrected chi connectivity index (χ2v) is 5.64. The van der Waals surface area contributed by atoms with Crippen molar-refractivity contribution in [3.8, 4) is 11.3 Å². The van der Waals surface area contributed by atoms with Crippen LogP contribution in [0.2, 0.25) is 5.02 Å². The van der Waals surface area contributed by atoms with Crippen molar-refractivity contribution in [3.05, 3.63) is 68.8 Å². The first kappa shape index (κ1) is 16.1. The van der Waals surface area contributed by atoms with Crippen LogP contribution in [0.3, 0.4) is 0 Å². The van der Waals surface area contributed by atoms with Crippen LogP contribution in [0.4, 0.5) is 8.78 Å². The Morgan fingerprint density at radius 3 is 2.54 bits per heavy atom. The minimum Gasteiger partial charge on any atom is -0.477 e. The molecule has 0 radical (unpaired) electrons. The van der Waals surface area contributed by atoms with Gasteiger partial charge in [-0.15, -0.1) is 0 Å². The third-order valence-corrected chi connectivity index (χ3v) is 4.00. The summed E-state index contributed by atoms with van der Waals surface area (Å²) >= 11 is 5.87. The summed E-state index contributed by atoms with van der Waals surface area (Å²) < 4.78 is 29.1. The molecule has 7 heteroatoms. The molecule has 2 aromatic carbocycles. The Morgan fingerprint density at radius 2 is 1.88 bits per heavy atom. The van der Waals surface area contributed by atoms with Crippen LogP contribution >= 0.6 is 11.6 Å². The molecule has 1 N–H and O–H groups in total. The van der Waals surface area contributed by atoms with Crippen molar-refractivity contribution in [2.45, 2.75) is 0 Å². The Balaban J connectivity index is 2.56. The first-order valence-corrected chi connectivity index (χ1v) is 7.20. The van der Waals surface area contributed by atoms with Gasteiger partial charge in [-0.3, -0.25) is 4.79 Å². The molecule has 4 nitrogen and oxygen atoms in total. The molecule has 0 spiro atoms. The third kappa shape index (κ3) is 2.45. The predicted octanol–water partition coefficient (Wildman–Crippen LogP) is 3.84. The number of hydrogen-bond acceptors (Lipinski definition) is 2. The smallest absolute Gasteiger partial charge is 0.341 e. The number of carboxylic acids is 1. The van der Waals surface area contributed by atoms with Crippen molar-refractivity contribution in [1.82, 2.24) is 4.57 Å². The molecule has 0 aliphatic rings. The number of aromatic carboxylic acids is 1. The zero-order valence-electron chi connectivity index (χ0n) is 12.3. The molecular formula is C17H10ClF2NO3. The summed E-state index contributed by atoms with van der Waals surface area (Å²) in [6.45, 7) is 0. The van der Waals surface area contributed by atoms with E-state index in [9.17, 15) is 23.5 Å². The van der Waals surface area contributed by atoms with E-state index in [0.717, 1.165) is 18.2 Å². The van der Waals surface area contributed by atoms with E-state index in [-0.39, 0.29) is 21.7 Å². The quantitative estimate of drug-likeness (QED) is 0.764. The van der Waals surface area contributed by atoms with Gasteiger partial charge in [-0.2, -0.15) is 0 Å². The van der Waals surface area contributed by atoms with Gasteiger partial charge >= 0.3 is 5.97 Å². The van der Waals surface area contributed by atoms with E-state index in [4.69, 9.17) is 11.6 Å². The second-order valence-electron chi connectivity index (χ2n) is 5.20. The minimum atomic E-state index is -1.53. The van der Waals surface area contributed by atoms with Crippen LogP contribution in [0.1, 0.15) is 10.4 Å². The highest BCUT2D eigenvalue weighted by Crippen LogP contribution is 2.29. The molecule has 0 aliphatic heterocycles. The number of fused-ring (bicyclic) bond motifs is 1. The maximum Gasteiger partial charge on any atom is 0.341 e. The molecule has 1 heterocycles. The monoisotopic (exact) mass is 349 g/mol. The maximum atomic E-state index is 14.2. The van der Waals surface area contributed by atoms with E-state index in [1.807, 2.05) is 0 Å². The molecule has 0 saturated heterocycles. The zero-order valence-corrected chi connectivity index (χ0v) is 13.1. The van der Waals surface area contributed by atoms with Crippen molar-refractivity contribution < 1.29 is 18.7 Å². The molecule has 0 aliphatic carbocycles. The van der Waals surface area contributed by atoms with Crippen LogP contribution < -0.4 is 5.43 Å². The number of carboxylic acid groups (broad SMARTS) is 1. The number of aryl methyl sites for hydroxylation is 1. The summed E-state index contributed by atoms with van der Waals surface area (Å²) in [5.74, 6) is -3.11. The van der Waals surface area contributed by atoms with Gasteiger partial charge in [-0.25, -0.2) is 13.6 Å². The lowest BCUT2D eigenvalue weighted by Crippen LogP contribution is -2.21. The number of benzene rings is 2. The number of rotatable bonds is 2. The van der Waals surface area contributed by atoms with Crippen molar-refractivity contribution in [1.29, 1.82) is 0 Å². The average Bonchev–Trinajstić information content (AvgIpc) is 2.52. The fraction of sp³-hybridized carbons (Fsp3) is 0.0588. The lowest BCUT2D eigenvalue weighted by molar-refractivity contribution is 0.0696. The fourth-order valence-corrected chi connectivity index (χ4v) is 2.88. The van der Waals surface area contributed by atoms with Gasteiger partial charge in [0.1, 0.15) is 17.2 Å². The van der Waals surface area contributed by atoms with Crippen LogP contribution in [0.15, 0.2) is 41.2 Å². The van der Waals surface area contributed by atoms with Gasteiger partial charge in [0.15, 0.2) is 0 Å². The summed E-state index contributed by atoms with van der Waals surface area (Å²) in [5.41, 5.74) is -1.61. The van der Waals surface area contributed by atoms with Gasteiger partial charge in [-0.05, 0) is 36.4 Å². The molecule has 0 unspecified atom stereocenters. The first-order chi connectivity index (χ1) is 11.3. The van der Waals surface area contributed by atoms with Crippen LogP contribution in [0, 0.1) is 11.6 Å². The molecule has 0 atom stereocenters. The van der Waals surface area contributed by atoms with Crippen molar-refractivity contribution >= 4 is 28.5 Å². The molecular weight excluding hydrogens is 340 g/mol. The number of carbonyl (C=O) groups is 1. The van der Waals surface area contributed by atoms with Crippen LogP contribution in [0.5, 0.6) is 0 Å². The Bertz CT molecular complexity index is 1060. The summed E-state index contributed by atoms with van der Waals surface area (Å²) in [6, 6.07) is 7.04. The van der Waals surface area contributed by atoms with Gasteiger partial charge in [0.25, 0.3) is 0 Å². The molecule has 3 aromatic rings. The highest BCUT2D eigenvalue weighted by atomic mass is 35.5. The molecule has 0 bridgehead atoms. The Morgan fingerprint density at radius 1 is 1.17 bits per heavy atom. The van der Waals surface area contributed by atoms with E-state index in [1.54, 1.807) is 0 Å². The van der Waals surface area contributed by atoms with E-state index in [1.165, 1.54) is 29.8 Å². The van der Waals surface area contributed by atoms with Crippen LogP contribution in [-0.4, -0.2) is 15.6 Å². The summed E-state index contributed by atoms with van der Waals surface area (Å²) in [6.07, 6.45) is 0. The van der Waals surface area contributed by atoms with Crippen molar-refractivity contribution in [2.24, 2.45) is 7.05 Å². The van der Waals surface area contributed by atoms with E-state index in [2.05, 4.69) is 0 Å². The average molecular weight is 350 g/mol. The number of aromatic nitrogens is 1. The Kier molecular flexibility index (Phi) is 3.85. The highest BCUT2D eigenvalue weighted by molar-refractivity contribution is 6.31. The van der Waals surface area contributed by atoms with Crippen LogP contribution in [-0.2, 0) is 7.05 Å². The Hall–Kier alpha value is -2.73. The summed E-state index contributed by atoms with van der Waals surface area (Å²) in [7, 11) is 1.47. The molecule has 1 aromatic heterocycles. The Labute approximate surface area is 139 Å². The van der Waals surface area contributed by atoms with E-state index < -0.39 is 28.6 Å². The van der Waals surface area contributed by atoms with Gasteiger partial charge < -0.3 is 9.67 Å². The molecule has 24 heavy (non-hydrogen) atoms. The van der Waals surface area contributed by atoms with Crippen molar-refractivity contribution in [3.63, 3.8) is 0 Å². The second kappa shape index (κ2) is 5.72. The third-order valence-electron chi connectivity index (χ3n) is 3.76.